The molecule has 1 saturated heterocycles. The molecule has 0 aromatic carbocycles. The van der Waals surface area contributed by atoms with Crippen molar-refractivity contribution in [2.75, 3.05) is 20.3 Å². The molecule has 4 nitrogen and oxygen atoms in total. The summed E-state index contributed by atoms with van der Waals surface area (Å²) in [6, 6.07) is 0. The molecule has 0 saturated carbocycles. The number of rotatable bonds is 3. The monoisotopic (exact) mass is 255 g/mol. The van der Waals surface area contributed by atoms with Crippen molar-refractivity contribution in [3.8, 4) is 0 Å². The minimum absolute atomic E-state index is 0.124. The number of hydrogen-bond donors (Lipinski definition) is 0. The van der Waals surface area contributed by atoms with Gasteiger partial charge >= 0.3 is 0 Å². The van der Waals surface area contributed by atoms with Crippen LogP contribution in [0.2, 0.25) is 0 Å². The number of amides is 1. The molecule has 0 spiro atoms. The first-order chi connectivity index (χ1) is 6.88. The lowest BCUT2D eigenvalue weighted by Gasteiger charge is -2.30. The fraction of sp³-hybridized carbons (Fsp3) is 0.889. The highest BCUT2D eigenvalue weighted by molar-refractivity contribution is 6.53. The van der Waals surface area contributed by atoms with E-state index in [-0.39, 0.29) is 12.0 Å². The second-order valence-electron chi connectivity index (χ2n) is 3.89. The molecule has 0 N–H and O–H groups in total. The van der Waals surface area contributed by atoms with E-state index in [1.807, 2.05) is 0 Å². The quantitative estimate of drug-likeness (QED) is 0.716. The van der Waals surface area contributed by atoms with Crippen molar-refractivity contribution in [2.24, 2.45) is 0 Å². The van der Waals surface area contributed by atoms with Crippen LogP contribution in [-0.4, -0.2) is 47.7 Å². The number of carbonyl (C=O) groups is 1. The molecule has 6 heteroatoms. The van der Waals surface area contributed by atoms with Gasteiger partial charge < -0.3 is 14.4 Å². The Morgan fingerprint density at radius 3 is 2.73 bits per heavy atom. The molecule has 88 valence electrons. The van der Waals surface area contributed by atoms with Gasteiger partial charge in [-0.05, 0) is 13.8 Å². The third-order valence-electron chi connectivity index (χ3n) is 2.30. The molecule has 1 amide bonds. The summed E-state index contributed by atoms with van der Waals surface area (Å²) in [6.07, 6.45) is -0.124. The van der Waals surface area contributed by atoms with Gasteiger partial charge in [0.2, 0.25) is 0 Å². The van der Waals surface area contributed by atoms with Crippen molar-refractivity contribution in [2.45, 2.75) is 30.5 Å². The van der Waals surface area contributed by atoms with E-state index < -0.39 is 10.6 Å². The maximum absolute atomic E-state index is 11.7. The maximum Gasteiger partial charge on any atom is 0.258 e. The zero-order chi connectivity index (χ0) is 11.6. The molecular weight excluding hydrogens is 241 g/mol. The average Bonchev–Trinajstić information content (AvgIpc) is 2.40. The summed E-state index contributed by atoms with van der Waals surface area (Å²) in [4.78, 5) is 12.1. The normalized spacial score (nSPS) is 24.9. The molecule has 1 aliphatic rings. The number of methoxy groups -OCH3 is 1. The Bertz CT molecular complexity index is 246. The van der Waals surface area contributed by atoms with Crippen LogP contribution in [0.25, 0.3) is 0 Å². The standard InChI is InChI=1S/C9H15Cl2NO3/c1-9(2)12(8(13)7(10)11)4-6(15-9)5-14-3/h6-7H,4-5H2,1-3H3. The minimum Gasteiger partial charge on any atom is -0.382 e. The van der Waals surface area contributed by atoms with Crippen molar-refractivity contribution < 1.29 is 14.3 Å². The van der Waals surface area contributed by atoms with Crippen molar-refractivity contribution in [1.82, 2.24) is 4.90 Å². The summed E-state index contributed by atoms with van der Waals surface area (Å²) >= 11 is 11.1. The molecule has 1 fully saturated rings. The van der Waals surface area contributed by atoms with Gasteiger partial charge in [-0.25, -0.2) is 0 Å². The molecule has 15 heavy (non-hydrogen) atoms. The Morgan fingerprint density at radius 1 is 1.67 bits per heavy atom. The van der Waals surface area contributed by atoms with Crippen LogP contribution < -0.4 is 0 Å². The summed E-state index contributed by atoms with van der Waals surface area (Å²) in [5.41, 5.74) is -0.678. The van der Waals surface area contributed by atoms with Gasteiger partial charge in [-0.3, -0.25) is 4.79 Å². The zero-order valence-corrected chi connectivity index (χ0v) is 10.5. The molecule has 0 bridgehead atoms. The molecule has 0 radical (unpaired) electrons. The van der Waals surface area contributed by atoms with Crippen LogP contribution in [-0.2, 0) is 14.3 Å². The molecule has 1 aliphatic heterocycles. The first-order valence-electron chi connectivity index (χ1n) is 4.65. The lowest BCUT2D eigenvalue weighted by Crippen LogP contribution is -2.45. The molecule has 0 aliphatic carbocycles. The molecular formula is C9H15Cl2NO3. The van der Waals surface area contributed by atoms with Crippen LogP contribution in [0.3, 0.4) is 0 Å². The van der Waals surface area contributed by atoms with Crippen LogP contribution in [0.1, 0.15) is 13.8 Å². The number of alkyl halides is 2. The van der Waals surface area contributed by atoms with E-state index >= 15 is 0 Å². The van der Waals surface area contributed by atoms with Gasteiger partial charge in [-0.2, -0.15) is 0 Å². The van der Waals surface area contributed by atoms with E-state index in [0.29, 0.717) is 13.2 Å². The summed E-state index contributed by atoms with van der Waals surface area (Å²) in [6.45, 7) is 4.51. The van der Waals surface area contributed by atoms with Crippen molar-refractivity contribution in [1.29, 1.82) is 0 Å². The van der Waals surface area contributed by atoms with Gasteiger partial charge in [0.05, 0.1) is 13.2 Å². The number of halogens is 2. The Hall–Kier alpha value is -0.0300. The van der Waals surface area contributed by atoms with Crippen molar-refractivity contribution >= 4 is 29.1 Å². The van der Waals surface area contributed by atoms with Gasteiger partial charge in [0.25, 0.3) is 5.91 Å². The van der Waals surface area contributed by atoms with Crippen LogP contribution in [0.4, 0.5) is 0 Å². The molecule has 0 aromatic heterocycles. The van der Waals surface area contributed by atoms with Crippen LogP contribution in [0.5, 0.6) is 0 Å². The van der Waals surface area contributed by atoms with Gasteiger partial charge in [-0.15, -0.1) is 0 Å². The predicted octanol–water partition coefficient (Wildman–Crippen LogP) is 1.40. The number of hydrogen-bond acceptors (Lipinski definition) is 3. The number of nitrogens with zero attached hydrogens (tertiary/aromatic N) is 1. The summed E-state index contributed by atoms with van der Waals surface area (Å²) in [5, 5.41) is 0. The van der Waals surface area contributed by atoms with E-state index in [2.05, 4.69) is 0 Å². The lowest BCUT2D eigenvalue weighted by atomic mass is 10.2. The van der Waals surface area contributed by atoms with Crippen LogP contribution >= 0.6 is 23.2 Å². The Morgan fingerprint density at radius 2 is 2.27 bits per heavy atom. The van der Waals surface area contributed by atoms with E-state index in [1.54, 1.807) is 21.0 Å². The first kappa shape index (κ1) is 13.0. The van der Waals surface area contributed by atoms with Crippen LogP contribution in [0, 0.1) is 0 Å². The van der Waals surface area contributed by atoms with E-state index in [1.165, 1.54) is 4.90 Å². The van der Waals surface area contributed by atoms with Gasteiger partial charge in [-0.1, -0.05) is 23.2 Å². The third-order valence-corrected chi connectivity index (χ3v) is 2.67. The highest BCUT2D eigenvalue weighted by Gasteiger charge is 2.43. The first-order valence-corrected chi connectivity index (χ1v) is 5.52. The smallest absolute Gasteiger partial charge is 0.258 e. The molecule has 1 rings (SSSR count). The topological polar surface area (TPSA) is 38.8 Å². The fourth-order valence-corrected chi connectivity index (χ4v) is 1.91. The largest absolute Gasteiger partial charge is 0.382 e. The molecule has 1 unspecified atom stereocenters. The van der Waals surface area contributed by atoms with Gasteiger partial charge in [0.15, 0.2) is 4.84 Å². The molecule has 1 heterocycles. The van der Waals surface area contributed by atoms with E-state index in [0.717, 1.165) is 0 Å². The average molecular weight is 256 g/mol. The summed E-state index contributed by atoms with van der Waals surface area (Å²) in [5.74, 6) is -0.332. The Kier molecular flexibility index (Phi) is 4.23. The highest BCUT2D eigenvalue weighted by Crippen LogP contribution is 2.28. The predicted molar refractivity (Wildman–Crippen MR) is 58.0 cm³/mol. The number of carbonyl (C=O) groups excluding carboxylic acids is 1. The Balaban J connectivity index is 2.69. The Labute approximate surface area is 99.4 Å². The second kappa shape index (κ2) is 4.87. The van der Waals surface area contributed by atoms with Crippen LogP contribution in [0.15, 0.2) is 0 Å². The summed E-state index contributed by atoms with van der Waals surface area (Å²) in [7, 11) is 1.59. The second-order valence-corrected chi connectivity index (χ2v) is 4.99. The highest BCUT2D eigenvalue weighted by atomic mass is 35.5. The zero-order valence-electron chi connectivity index (χ0n) is 9.00. The minimum atomic E-state index is -1.05. The van der Waals surface area contributed by atoms with Crippen molar-refractivity contribution in [3.63, 3.8) is 0 Å². The van der Waals surface area contributed by atoms with E-state index in [9.17, 15) is 4.79 Å². The fourth-order valence-electron chi connectivity index (χ4n) is 1.68. The lowest BCUT2D eigenvalue weighted by molar-refractivity contribution is -0.144. The van der Waals surface area contributed by atoms with E-state index in [4.69, 9.17) is 32.7 Å². The van der Waals surface area contributed by atoms with Gasteiger partial charge in [0, 0.05) is 7.11 Å². The maximum atomic E-state index is 11.7. The molecule has 1 atom stereocenters. The molecule has 0 aromatic rings. The van der Waals surface area contributed by atoms with Crippen molar-refractivity contribution in [3.05, 3.63) is 0 Å². The SMILES string of the molecule is COCC1CN(C(=O)C(Cl)Cl)C(C)(C)O1. The number of ether oxygens (including phenoxy) is 2. The third kappa shape index (κ3) is 2.97. The summed E-state index contributed by atoms with van der Waals surface area (Å²) < 4.78 is 10.6. The van der Waals surface area contributed by atoms with Gasteiger partial charge in [0.1, 0.15) is 11.8 Å².